The van der Waals surface area contributed by atoms with Crippen LogP contribution in [0, 0.1) is 5.92 Å². The number of ketones is 1. The van der Waals surface area contributed by atoms with Crippen molar-refractivity contribution in [1.82, 2.24) is 0 Å². The number of amides is 1. The van der Waals surface area contributed by atoms with E-state index >= 15 is 0 Å². The molecule has 2 aromatic carbocycles. The van der Waals surface area contributed by atoms with Crippen molar-refractivity contribution < 1.29 is 19.4 Å². The Labute approximate surface area is 190 Å². The Bertz CT molecular complexity index is 1030. The van der Waals surface area contributed by atoms with Crippen molar-refractivity contribution in [2.24, 2.45) is 5.92 Å². The molecule has 0 radical (unpaired) electrons. The van der Waals surface area contributed by atoms with E-state index in [1.807, 2.05) is 51.1 Å². The number of Topliss-reactive ketones (excluding diaryl/α,β-unsaturated/α-hetero) is 1. The topological polar surface area (TPSA) is 66.8 Å². The predicted molar refractivity (Wildman–Crippen MR) is 127 cm³/mol. The van der Waals surface area contributed by atoms with Gasteiger partial charge in [-0.25, -0.2) is 0 Å². The maximum absolute atomic E-state index is 13.2. The van der Waals surface area contributed by atoms with Crippen LogP contribution in [0.5, 0.6) is 5.75 Å². The summed E-state index contributed by atoms with van der Waals surface area (Å²) in [6.45, 7) is 12.7. The molecule has 0 saturated carbocycles. The zero-order valence-corrected chi connectivity index (χ0v) is 19.8. The molecule has 1 amide bonds. The molecular weight excluding hydrogens is 402 g/mol. The van der Waals surface area contributed by atoms with Crippen LogP contribution in [0.2, 0.25) is 0 Å². The molecule has 1 unspecified atom stereocenters. The van der Waals surface area contributed by atoms with E-state index in [2.05, 4.69) is 20.8 Å². The fourth-order valence-corrected chi connectivity index (χ4v) is 4.01. The Hall–Kier alpha value is -3.08. The van der Waals surface area contributed by atoms with Gasteiger partial charge >= 0.3 is 0 Å². The number of aliphatic hydroxyl groups excluding tert-OH is 1. The molecule has 0 saturated heterocycles. The molecule has 1 aliphatic heterocycles. The van der Waals surface area contributed by atoms with Gasteiger partial charge in [0.15, 0.2) is 11.5 Å². The monoisotopic (exact) mass is 435 g/mol. The lowest BCUT2D eigenvalue weighted by atomic mass is 9.85. The minimum absolute atomic E-state index is 0.0240. The van der Waals surface area contributed by atoms with Gasteiger partial charge in [0.05, 0.1) is 18.2 Å². The first-order chi connectivity index (χ1) is 15.0. The van der Waals surface area contributed by atoms with Crippen molar-refractivity contribution in [1.29, 1.82) is 0 Å². The predicted octanol–water partition coefficient (Wildman–Crippen LogP) is 5.90. The molecule has 5 nitrogen and oxygen atoms in total. The number of ether oxygens (including phenoxy) is 1. The fraction of sp³-hybridized carbons (Fsp3) is 0.407. The smallest absolute Gasteiger partial charge is 0.294 e. The summed E-state index contributed by atoms with van der Waals surface area (Å²) in [5.74, 6) is -0.518. The summed E-state index contributed by atoms with van der Waals surface area (Å²) in [4.78, 5) is 27.9. The molecular formula is C27H33NO4. The minimum Gasteiger partial charge on any atom is -0.503 e. The molecule has 0 aliphatic carbocycles. The molecule has 170 valence electrons. The van der Waals surface area contributed by atoms with Crippen LogP contribution in [-0.2, 0) is 15.0 Å². The van der Waals surface area contributed by atoms with Crippen LogP contribution >= 0.6 is 0 Å². The Balaban J connectivity index is 2.13. The average Bonchev–Trinajstić information content (AvgIpc) is 2.98. The number of anilines is 1. The number of benzene rings is 2. The van der Waals surface area contributed by atoms with Gasteiger partial charge in [-0.15, -0.1) is 0 Å². The number of nitrogens with zero attached hydrogens (tertiary/aromatic N) is 1. The van der Waals surface area contributed by atoms with Crippen molar-refractivity contribution in [2.75, 3.05) is 11.5 Å². The number of carbonyl (C=O) groups is 2. The molecule has 2 aromatic rings. The summed E-state index contributed by atoms with van der Waals surface area (Å²) in [5.41, 5.74) is 2.64. The van der Waals surface area contributed by atoms with Gasteiger partial charge in [0, 0.05) is 18.2 Å². The lowest BCUT2D eigenvalue weighted by Crippen LogP contribution is -2.31. The second kappa shape index (κ2) is 9.19. The number of aliphatic hydroxyl groups is 1. The van der Waals surface area contributed by atoms with Gasteiger partial charge in [0.25, 0.3) is 5.91 Å². The van der Waals surface area contributed by atoms with Crippen LogP contribution < -0.4 is 9.64 Å². The fourth-order valence-electron chi connectivity index (χ4n) is 4.01. The summed E-state index contributed by atoms with van der Waals surface area (Å²) in [5, 5.41) is 10.8. The van der Waals surface area contributed by atoms with Gasteiger partial charge in [0.1, 0.15) is 5.75 Å². The second-order valence-corrected chi connectivity index (χ2v) is 9.66. The SMILES string of the molecule is CCOc1cccc(N2C(=O)C(O)=C(C(=O)CC(C)C)C2c2ccc(C(C)(C)C)cc2)c1. The van der Waals surface area contributed by atoms with E-state index in [4.69, 9.17) is 4.74 Å². The average molecular weight is 436 g/mol. The largest absolute Gasteiger partial charge is 0.503 e. The van der Waals surface area contributed by atoms with Crippen LogP contribution in [-0.4, -0.2) is 23.4 Å². The molecule has 3 rings (SSSR count). The van der Waals surface area contributed by atoms with Crippen molar-refractivity contribution in [3.05, 3.63) is 71.0 Å². The molecule has 0 aromatic heterocycles. The zero-order chi connectivity index (χ0) is 23.6. The third kappa shape index (κ3) is 4.72. The van der Waals surface area contributed by atoms with E-state index in [1.165, 1.54) is 4.90 Å². The minimum atomic E-state index is -0.695. The third-order valence-electron chi connectivity index (χ3n) is 5.60. The number of hydrogen-bond donors (Lipinski definition) is 1. The van der Waals surface area contributed by atoms with Crippen LogP contribution in [0.15, 0.2) is 59.9 Å². The van der Waals surface area contributed by atoms with E-state index in [9.17, 15) is 14.7 Å². The molecule has 0 bridgehead atoms. The molecule has 1 heterocycles. The highest BCUT2D eigenvalue weighted by atomic mass is 16.5. The van der Waals surface area contributed by atoms with Crippen molar-refractivity contribution >= 4 is 17.4 Å². The third-order valence-corrected chi connectivity index (χ3v) is 5.60. The maximum atomic E-state index is 13.2. The highest BCUT2D eigenvalue weighted by Crippen LogP contribution is 2.42. The van der Waals surface area contributed by atoms with Crippen molar-refractivity contribution in [3.63, 3.8) is 0 Å². The van der Waals surface area contributed by atoms with E-state index < -0.39 is 17.7 Å². The number of hydrogen-bond acceptors (Lipinski definition) is 4. The number of rotatable bonds is 7. The lowest BCUT2D eigenvalue weighted by molar-refractivity contribution is -0.118. The Kier molecular flexibility index (Phi) is 6.77. The summed E-state index contributed by atoms with van der Waals surface area (Å²) >= 11 is 0. The van der Waals surface area contributed by atoms with E-state index in [0.717, 1.165) is 11.1 Å². The van der Waals surface area contributed by atoms with E-state index in [-0.39, 0.29) is 29.1 Å². The molecule has 32 heavy (non-hydrogen) atoms. The van der Waals surface area contributed by atoms with Crippen LogP contribution in [0.4, 0.5) is 5.69 Å². The first-order valence-electron chi connectivity index (χ1n) is 11.2. The standard InChI is InChI=1S/C27H33NO4/c1-7-32-21-10-8-9-20(16-21)28-24(18-11-13-19(14-12-18)27(4,5)6)23(25(30)26(28)31)22(29)15-17(2)3/h8-14,16-17,24,30H,7,15H2,1-6H3. The normalized spacial score (nSPS) is 16.8. The first-order valence-corrected chi connectivity index (χ1v) is 11.2. The lowest BCUT2D eigenvalue weighted by Gasteiger charge is -2.28. The summed E-state index contributed by atoms with van der Waals surface area (Å²) < 4.78 is 5.61. The molecule has 1 atom stereocenters. The summed E-state index contributed by atoms with van der Waals surface area (Å²) in [6.07, 6.45) is 0.260. The maximum Gasteiger partial charge on any atom is 0.294 e. The molecule has 1 N–H and O–H groups in total. The molecule has 5 heteroatoms. The highest BCUT2D eigenvalue weighted by molar-refractivity contribution is 6.16. The number of carbonyl (C=O) groups excluding carboxylic acids is 2. The van der Waals surface area contributed by atoms with Gasteiger partial charge in [-0.2, -0.15) is 0 Å². The molecule has 0 spiro atoms. The highest BCUT2D eigenvalue weighted by Gasteiger charge is 2.44. The Morgan fingerprint density at radius 3 is 2.34 bits per heavy atom. The van der Waals surface area contributed by atoms with Crippen molar-refractivity contribution in [2.45, 2.75) is 59.4 Å². The van der Waals surface area contributed by atoms with Gasteiger partial charge in [0.2, 0.25) is 0 Å². The zero-order valence-electron chi connectivity index (χ0n) is 19.8. The summed E-state index contributed by atoms with van der Waals surface area (Å²) in [7, 11) is 0. The van der Waals surface area contributed by atoms with Gasteiger partial charge in [-0.3, -0.25) is 14.5 Å². The Morgan fingerprint density at radius 2 is 1.78 bits per heavy atom. The van der Waals surface area contributed by atoms with Crippen molar-refractivity contribution in [3.8, 4) is 5.75 Å². The molecule has 1 aliphatic rings. The summed E-state index contributed by atoms with van der Waals surface area (Å²) in [6, 6.07) is 14.4. The van der Waals surface area contributed by atoms with Gasteiger partial charge in [-0.05, 0) is 41.5 Å². The molecule has 0 fully saturated rings. The second-order valence-electron chi connectivity index (χ2n) is 9.66. The van der Waals surface area contributed by atoms with Crippen LogP contribution in [0.3, 0.4) is 0 Å². The van der Waals surface area contributed by atoms with Gasteiger partial charge < -0.3 is 9.84 Å². The van der Waals surface area contributed by atoms with E-state index in [1.54, 1.807) is 18.2 Å². The first kappa shape index (κ1) is 23.6. The Morgan fingerprint density at radius 1 is 1.12 bits per heavy atom. The van der Waals surface area contributed by atoms with E-state index in [0.29, 0.717) is 18.0 Å². The van der Waals surface area contributed by atoms with Crippen LogP contribution in [0.1, 0.15) is 65.1 Å². The van der Waals surface area contributed by atoms with Gasteiger partial charge in [-0.1, -0.05) is 65.0 Å². The quantitative estimate of drug-likeness (QED) is 0.588. The van der Waals surface area contributed by atoms with Crippen LogP contribution in [0.25, 0.3) is 0 Å².